The summed E-state index contributed by atoms with van der Waals surface area (Å²) in [7, 11) is 0. The summed E-state index contributed by atoms with van der Waals surface area (Å²) in [6.07, 6.45) is 5.36. The van der Waals surface area contributed by atoms with E-state index < -0.39 is 0 Å². The van der Waals surface area contributed by atoms with Crippen LogP contribution in [0.5, 0.6) is 5.75 Å². The lowest BCUT2D eigenvalue weighted by Crippen LogP contribution is -2.41. The van der Waals surface area contributed by atoms with Crippen LogP contribution in [0.1, 0.15) is 36.3 Å². The van der Waals surface area contributed by atoms with Gasteiger partial charge < -0.3 is 15.0 Å². The van der Waals surface area contributed by atoms with Crippen molar-refractivity contribution in [1.82, 2.24) is 10.3 Å². The van der Waals surface area contributed by atoms with Gasteiger partial charge in [-0.05, 0) is 61.1 Å². The molecule has 1 aromatic carbocycles. The second kappa shape index (κ2) is 7.95. The first-order valence-electron chi connectivity index (χ1n) is 10.4. The summed E-state index contributed by atoms with van der Waals surface area (Å²) < 4.78 is 19.5. The molecular formula is C23H24FN3O2S. The quantitative estimate of drug-likeness (QED) is 0.774. The van der Waals surface area contributed by atoms with Crippen LogP contribution >= 0.6 is 11.8 Å². The van der Waals surface area contributed by atoms with Gasteiger partial charge in [-0.15, -0.1) is 0 Å². The van der Waals surface area contributed by atoms with Crippen LogP contribution in [0.3, 0.4) is 0 Å². The number of carbonyl (C=O) groups excluding carboxylic acids is 1. The third-order valence-corrected chi connectivity index (χ3v) is 7.34. The second-order valence-electron chi connectivity index (χ2n) is 8.14. The van der Waals surface area contributed by atoms with Crippen molar-refractivity contribution in [1.29, 1.82) is 0 Å². The largest absolute Gasteiger partial charge is 0.489 e. The van der Waals surface area contributed by atoms with E-state index in [1.165, 1.54) is 35.2 Å². The molecule has 1 aliphatic carbocycles. The smallest absolute Gasteiger partial charge is 0.283 e. The Hall–Kier alpha value is -2.54. The summed E-state index contributed by atoms with van der Waals surface area (Å²) in [4.78, 5) is 18.1. The van der Waals surface area contributed by atoms with E-state index in [-0.39, 0.29) is 22.4 Å². The molecule has 30 heavy (non-hydrogen) atoms. The van der Waals surface area contributed by atoms with Gasteiger partial charge >= 0.3 is 0 Å². The van der Waals surface area contributed by atoms with Gasteiger partial charge in [0, 0.05) is 18.2 Å². The maximum atomic E-state index is 13.2. The van der Waals surface area contributed by atoms with E-state index in [1.807, 2.05) is 6.07 Å². The van der Waals surface area contributed by atoms with Crippen molar-refractivity contribution in [2.45, 2.75) is 43.0 Å². The van der Waals surface area contributed by atoms with Gasteiger partial charge in [0.1, 0.15) is 23.5 Å². The van der Waals surface area contributed by atoms with Crippen molar-refractivity contribution >= 4 is 22.8 Å². The van der Waals surface area contributed by atoms with Crippen LogP contribution in [0.25, 0.3) is 0 Å². The molecule has 1 unspecified atom stereocenters. The molecule has 0 saturated carbocycles. The normalized spacial score (nSPS) is 25.9. The minimum atomic E-state index is -0.320. The molecule has 7 heteroatoms. The van der Waals surface area contributed by atoms with E-state index in [1.54, 1.807) is 6.07 Å². The van der Waals surface area contributed by atoms with E-state index in [9.17, 15) is 9.18 Å². The third-order valence-electron chi connectivity index (χ3n) is 6.16. The molecule has 1 amide bonds. The average molecular weight is 426 g/mol. The van der Waals surface area contributed by atoms with Crippen molar-refractivity contribution in [2.75, 3.05) is 18.0 Å². The van der Waals surface area contributed by atoms with Crippen LogP contribution < -0.4 is 15.0 Å². The van der Waals surface area contributed by atoms with Crippen LogP contribution in [-0.2, 0) is 6.42 Å². The van der Waals surface area contributed by atoms with Gasteiger partial charge in [0.05, 0.1) is 18.0 Å². The number of aromatic nitrogens is 1. The first-order chi connectivity index (χ1) is 14.6. The monoisotopic (exact) mass is 425 g/mol. The first kappa shape index (κ1) is 19.4. The van der Waals surface area contributed by atoms with Gasteiger partial charge in [-0.2, -0.15) is 0 Å². The number of nitrogens with zero attached hydrogens (tertiary/aromatic N) is 2. The SMILES string of the molecule is C=C1NC(=O)SC1[C@@H]1CCc2cc(O[C@H]3CCCN(c4ccc(F)cn4)C3)ccc21. The second-order valence-corrected chi connectivity index (χ2v) is 9.26. The molecule has 3 atom stereocenters. The van der Waals surface area contributed by atoms with E-state index in [0.29, 0.717) is 5.92 Å². The third kappa shape index (κ3) is 3.78. The Labute approximate surface area is 179 Å². The van der Waals surface area contributed by atoms with Crippen LogP contribution in [0.4, 0.5) is 15.0 Å². The molecule has 1 aromatic heterocycles. The van der Waals surface area contributed by atoms with E-state index in [0.717, 1.165) is 56.0 Å². The number of benzene rings is 1. The molecule has 156 valence electrons. The molecule has 0 bridgehead atoms. The number of fused-ring (bicyclic) bond motifs is 1. The van der Waals surface area contributed by atoms with Gasteiger partial charge in [0.2, 0.25) is 0 Å². The molecule has 5 nitrogen and oxygen atoms in total. The first-order valence-corrected chi connectivity index (χ1v) is 11.3. The molecule has 0 radical (unpaired) electrons. The average Bonchev–Trinajstić information content (AvgIpc) is 3.30. The van der Waals surface area contributed by atoms with Crippen molar-refractivity contribution in [3.63, 3.8) is 0 Å². The van der Waals surface area contributed by atoms with E-state index in [4.69, 9.17) is 4.74 Å². The Morgan fingerprint density at radius 2 is 2.17 bits per heavy atom. The minimum Gasteiger partial charge on any atom is -0.489 e. The summed E-state index contributed by atoms with van der Waals surface area (Å²) in [6, 6.07) is 9.53. The number of hydrogen-bond donors (Lipinski definition) is 1. The Balaban J connectivity index is 1.27. The minimum absolute atomic E-state index is 0.00380. The summed E-state index contributed by atoms with van der Waals surface area (Å²) in [5.74, 6) is 1.68. The number of hydrogen-bond acceptors (Lipinski definition) is 5. The van der Waals surface area contributed by atoms with Crippen LogP contribution in [0.2, 0.25) is 0 Å². The van der Waals surface area contributed by atoms with Crippen molar-refractivity contribution < 1.29 is 13.9 Å². The van der Waals surface area contributed by atoms with Crippen LogP contribution in [0.15, 0.2) is 48.8 Å². The maximum Gasteiger partial charge on any atom is 0.283 e. The molecule has 0 spiro atoms. The number of ether oxygens (including phenoxy) is 1. The summed E-state index contributed by atoms with van der Waals surface area (Å²) in [5.41, 5.74) is 3.43. The Morgan fingerprint density at radius 1 is 1.27 bits per heavy atom. The van der Waals surface area contributed by atoms with Crippen molar-refractivity contribution in [3.05, 3.63) is 65.7 Å². The number of nitrogens with one attached hydrogen (secondary N) is 1. The standard InChI is InChI=1S/C23H24FN3O2S/c1-14-22(30-23(28)26-14)20-7-4-15-11-17(6-8-19(15)20)29-18-3-2-10-27(13-18)21-9-5-16(24)12-25-21/h5-6,8-9,11-12,18,20,22H,1-4,7,10,13H2,(H,26,28)/t18-,20+,22?/m0/s1. The van der Waals surface area contributed by atoms with Crippen molar-refractivity contribution in [2.24, 2.45) is 0 Å². The molecule has 2 aliphatic heterocycles. The highest BCUT2D eigenvalue weighted by Gasteiger charge is 2.38. The maximum absolute atomic E-state index is 13.2. The van der Waals surface area contributed by atoms with Crippen LogP contribution in [-0.4, -0.2) is 34.7 Å². The zero-order chi connectivity index (χ0) is 20.7. The van der Waals surface area contributed by atoms with Crippen LogP contribution in [0, 0.1) is 5.82 Å². The lowest BCUT2D eigenvalue weighted by Gasteiger charge is -2.33. The number of anilines is 1. The number of amides is 1. The Morgan fingerprint density at radius 3 is 2.93 bits per heavy atom. The Kier molecular flexibility index (Phi) is 5.15. The van der Waals surface area contributed by atoms with Gasteiger partial charge in [0.15, 0.2) is 0 Å². The summed E-state index contributed by atoms with van der Waals surface area (Å²) in [6.45, 7) is 5.67. The predicted octanol–water partition coefficient (Wildman–Crippen LogP) is 4.64. The lowest BCUT2D eigenvalue weighted by molar-refractivity contribution is 0.179. The van der Waals surface area contributed by atoms with Gasteiger partial charge in [-0.25, -0.2) is 9.37 Å². The van der Waals surface area contributed by atoms with Crippen molar-refractivity contribution in [3.8, 4) is 5.75 Å². The number of pyridine rings is 1. The summed E-state index contributed by atoms with van der Waals surface area (Å²) in [5, 5.41) is 2.94. The molecule has 3 aliphatic rings. The Bertz CT molecular complexity index is 981. The molecular weight excluding hydrogens is 401 g/mol. The topological polar surface area (TPSA) is 54.5 Å². The van der Waals surface area contributed by atoms with Gasteiger partial charge in [0.25, 0.3) is 5.24 Å². The van der Waals surface area contributed by atoms with Gasteiger partial charge in [-0.3, -0.25) is 4.79 Å². The van der Waals surface area contributed by atoms with E-state index in [2.05, 4.69) is 33.9 Å². The van der Waals surface area contributed by atoms with E-state index >= 15 is 0 Å². The number of halogens is 1. The number of aryl methyl sites for hydroxylation is 1. The number of thioether (sulfide) groups is 1. The number of rotatable bonds is 4. The zero-order valence-electron chi connectivity index (χ0n) is 16.6. The fourth-order valence-corrected chi connectivity index (χ4v) is 5.82. The molecule has 5 rings (SSSR count). The molecule has 2 saturated heterocycles. The zero-order valence-corrected chi connectivity index (χ0v) is 17.5. The fourth-order valence-electron chi connectivity index (χ4n) is 4.75. The number of carbonyl (C=O) groups is 1. The highest BCUT2D eigenvalue weighted by molar-refractivity contribution is 8.14. The fraction of sp³-hybridized carbons (Fsp3) is 0.391. The summed E-state index contributed by atoms with van der Waals surface area (Å²) >= 11 is 1.35. The number of piperidine rings is 1. The molecule has 1 N–H and O–H groups in total. The predicted molar refractivity (Wildman–Crippen MR) is 117 cm³/mol. The molecule has 2 fully saturated rings. The highest BCUT2D eigenvalue weighted by Crippen LogP contribution is 2.45. The highest BCUT2D eigenvalue weighted by atomic mass is 32.2. The molecule has 2 aromatic rings. The molecule has 3 heterocycles. The van der Waals surface area contributed by atoms with Gasteiger partial charge in [-0.1, -0.05) is 24.4 Å². The lowest BCUT2D eigenvalue weighted by atomic mass is 9.96.